The lowest BCUT2D eigenvalue weighted by atomic mass is 10.0. The molecule has 0 aliphatic rings. The van der Waals surface area contributed by atoms with E-state index < -0.39 is 28.6 Å². The molecule has 0 fully saturated rings. The molecule has 11 heteroatoms. The molecule has 3 rings (SSSR count). The number of hydrogen-bond acceptors (Lipinski definition) is 7. The van der Waals surface area contributed by atoms with E-state index in [2.05, 4.69) is 4.72 Å². The third-order valence-electron chi connectivity index (χ3n) is 4.91. The third-order valence-corrected chi connectivity index (χ3v) is 7.47. The van der Waals surface area contributed by atoms with Crippen LogP contribution in [0, 0.1) is 0 Å². The number of aliphatic hydroxyl groups excluding tert-OH is 1. The van der Waals surface area contributed by atoms with Gasteiger partial charge in [-0.3, -0.25) is 4.79 Å². The zero-order valence-electron chi connectivity index (χ0n) is 18.1. The Bertz CT molecular complexity index is 1230. The number of halogens is 1. The Balaban J connectivity index is 1.79. The first-order valence-corrected chi connectivity index (χ1v) is 12.4. The van der Waals surface area contributed by atoms with Gasteiger partial charge in [-0.15, -0.1) is 11.3 Å². The van der Waals surface area contributed by atoms with Crippen molar-refractivity contribution < 1.29 is 27.8 Å². The second-order valence-electron chi connectivity index (χ2n) is 6.92. The lowest BCUT2D eigenvalue weighted by molar-refractivity contribution is -0.117. The number of ether oxygens (including phenoxy) is 2. The number of carbonyl (C=O) groups is 1. The first-order chi connectivity index (χ1) is 15.7. The van der Waals surface area contributed by atoms with Crippen molar-refractivity contribution in [3.05, 3.63) is 69.4 Å². The molecule has 0 aliphatic carbocycles. The van der Waals surface area contributed by atoms with E-state index >= 15 is 0 Å². The number of anilines is 1. The molecule has 0 saturated carbocycles. The molecule has 0 bridgehead atoms. The molecule has 2 N–H and O–H groups in total. The summed E-state index contributed by atoms with van der Waals surface area (Å²) in [6.07, 6.45) is -0.989. The number of amides is 1. The van der Waals surface area contributed by atoms with Gasteiger partial charge in [0.15, 0.2) is 11.5 Å². The van der Waals surface area contributed by atoms with E-state index in [0.717, 1.165) is 0 Å². The van der Waals surface area contributed by atoms with Gasteiger partial charge in [-0.2, -0.15) is 0 Å². The van der Waals surface area contributed by atoms with E-state index in [0.29, 0.717) is 26.9 Å². The van der Waals surface area contributed by atoms with Gasteiger partial charge in [-0.05, 0) is 41.8 Å². The fraction of sp³-hybridized carbons (Fsp3) is 0.227. The summed E-state index contributed by atoms with van der Waals surface area (Å²) in [5.41, 5.74) is 0.846. The fourth-order valence-electron chi connectivity index (χ4n) is 3.13. The van der Waals surface area contributed by atoms with Gasteiger partial charge in [0.25, 0.3) is 0 Å². The van der Waals surface area contributed by atoms with Crippen LogP contribution in [-0.2, 0) is 14.8 Å². The van der Waals surface area contributed by atoms with E-state index in [1.54, 1.807) is 24.3 Å². The lowest BCUT2D eigenvalue weighted by Gasteiger charge is -2.23. The maximum atomic E-state index is 12.8. The molecular formula is C22H23ClN2O6S2. The van der Waals surface area contributed by atoms with Gasteiger partial charge in [0.2, 0.25) is 15.9 Å². The highest BCUT2D eigenvalue weighted by atomic mass is 35.5. The number of sulfonamides is 1. The van der Waals surface area contributed by atoms with Crippen molar-refractivity contribution in [3.8, 4) is 11.5 Å². The Morgan fingerprint density at radius 2 is 1.88 bits per heavy atom. The fourth-order valence-corrected chi connectivity index (χ4v) is 5.02. The van der Waals surface area contributed by atoms with Crippen LogP contribution in [0.25, 0.3) is 0 Å². The summed E-state index contributed by atoms with van der Waals surface area (Å²) >= 11 is 7.49. The number of hydrogen-bond donors (Lipinski definition) is 2. The van der Waals surface area contributed by atoms with E-state index in [9.17, 15) is 18.3 Å². The average molecular weight is 511 g/mol. The quantitative estimate of drug-likeness (QED) is 0.457. The van der Waals surface area contributed by atoms with Gasteiger partial charge in [-0.25, -0.2) is 13.1 Å². The highest BCUT2D eigenvalue weighted by Gasteiger charge is 2.23. The van der Waals surface area contributed by atoms with Crippen molar-refractivity contribution >= 4 is 44.6 Å². The predicted molar refractivity (Wildman–Crippen MR) is 128 cm³/mol. The zero-order valence-corrected chi connectivity index (χ0v) is 20.5. The summed E-state index contributed by atoms with van der Waals surface area (Å²) in [5, 5.41) is 13.0. The molecule has 0 saturated heterocycles. The number of methoxy groups -OCH3 is 2. The summed E-state index contributed by atoms with van der Waals surface area (Å²) in [6.45, 7) is -0.496. The number of aliphatic hydroxyl groups is 1. The molecule has 3 aromatic rings. The highest BCUT2D eigenvalue weighted by Crippen LogP contribution is 2.34. The van der Waals surface area contributed by atoms with Crippen LogP contribution in [0.15, 0.2) is 58.8 Å². The molecule has 8 nitrogen and oxygen atoms in total. The monoisotopic (exact) mass is 510 g/mol. The Morgan fingerprint density at radius 3 is 2.52 bits per heavy atom. The molecule has 1 unspecified atom stereocenters. The van der Waals surface area contributed by atoms with Gasteiger partial charge in [0.1, 0.15) is 6.10 Å². The minimum Gasteiger partial charge on any atom is -0.493 e. The molecule has 1 atom stereocenters. The highest BCUT2D eigenvalue weighted by molar-refractivity contribution is 7.89. The predicted octanol–water partition coefficient (Wildman–Crippen LogP) is 3.44. The first-order valence-electron chi connectivity index (χ1n) is 9.67. The third kappa shape index (κ3) is 5.66. The first kappa shape index (κ1) is 25.0. The number of thiophene rings is 1. The second-order valence-corrected chi connectivity index (χ2v) is 10.1. The largest absolute Gasteiger partial charge is 0.493 e. The van der Waals surface area contributed by atoms with E-state index in [4.69, 9.17) is 21.1 Å². The van der Waals surface area contributed by atoms with Crippen LogP contribution < -0.4 is 19.1 Å². The molecular weight excluding hydrogens is 488 g/mol. The SMILES string of the molecule is COc1ccc(S(=O)(=O)NCC(=O)N(C)c2ccc(Cl)cc2C(O)c2cccs2)cc1OC. The van der Waals surface area contributed by atoms with Crippen molar-refractivity contribution in [2.75, 3.05) is 32.7 Å². The van der Waals surface area contributed by atoms with Crippen LogP contribution in [0.5, 0.6) is 11.5 Å². The average Bonchev–Trinajstić information content (AvgIpc) is 3.36. The molecule has 0 aliphatic heterocycles. The Hall–Kier alpha value is -2.63. The van der Waals surface area contributed by atoms with E-state index in [1.165, 1.54) is 55.7 Å². The molecule has 0 spiro atoms. The van der Waals surface area contributed by atoms with Crippen LogP contribution in [0.2, 0.25) is 5.02 Å². The molecule has 1 amide bonds. The van der Waals surface area contributed by atoms with Gasteiger partial charge in [0.05, 0.1) is 25.7 Å². The molecule has 0 radical (unpaired) electrons. The Morgan fingerprint density at radius 1 is 1.15 bits per heavy atom. The lowest BCUT2D eigenvalue weighted by Crippen LogP contribution is -2.38. The van der Waals surface area contributed by atoms with Gasteiger partial charge in [0, 0.05) is 34.3 Å². The minimum absolute atomic E-state index is 0.0732. The minimum atomic E-state index is -4.00. The van der Waals surface area contributed by atoms with E-state index in [-0.39, 0.29) is 10.6 Å². The maximum absolute atomic E-state index is 12.8. The number of nitrogens with zero attached hydrogens (tertiary/aromatic N) is 1. The van der Waals surface area contributed by atoms with E-state index in [1.807, 2.05) is 11.4 Å². The van der Waals surface area contributed by atoms with Crippen LogP contribution in [-0.4, -0.2) is 47.2 Å². The van der Waals surface area contributed by atoms with Crippen LogP contribution >= 0.6 is 22.9 Å². The smallest absolute Gasteiger partial charge is 0.241 e. The molecule has 1 aromatic heterocycles. The standard InChI is InChI=1S/C22H23ClN2O6S2/c1-25(17-8-6-14(23)11-16(17)22(27)20-5-4-10-32-20)21(26)13-24-33(28,29)15-7-9-18(30-2)19(12-15)31-3/h4-12,22,24,27H,13H2,1-3H3. The Labute approximate surface area is 201 Å². The summed E-state index contributed by atoms with van der Waals surface area (Å²) in [4.78, 5) is 14.7. The van der Waals surface area contributed by atoms with Crippen molar-refractivity contribution in [3.63, 3.8) is 0 Å². The van der Waals surface area contributed by atoms with Crippen LogP contribution in [0.1, 0.15) is 16.5 Å². The zero-order chi connectivity index (χ0) is 24.2. The number of likely N-dealkylation sites (N-methyl/N-ethyl adjacent to an activating group) is 1. The number of nitrogens with one attached hydrogen (secondary N) is 1. The van der Waals surface area contributed by atoms with Crippen molar-refractivity contribution in [2.45, 2.75) is 11.0 Å². The van der Waals surface area contributed by atoms with Crippen LogP contribution in [0.3, 0.4) is 0 Å². The summed E-state index contributed by atoms with van der Waals surface area (Å²) < 4.78 is 38.0. The Kier molecular flexibility index (Phi) is 7.98. The normalized spacial score (nSPS) is 12.3. The number of rotatable bonds is 9. The summed E-state index contributed by atoms with van der Waals surface area (Å²) in [6, 6.07) is 12.5. The summed E-state index contributed by atoms with van der Waals surface area (Å²) in [7, 11) is 0.343. The van der Waals surface area contributed by atoms with Crippen molar-refractivity contribution in [1.82, 2.24) is 4.72 Å². The van der Waals surface area contributed by atoms with Crippen LogP contribution in [0.4, 0.5) is 5.69 Å². The number of carbonyl (C=O) groups excluding carboxylic acids is 1. The van der Waals surface area contributed by atoms with Crippen molar-refractivity contribution in [2.24, 2.45) is 0 Å². The molecule has 176 valence electrons. The molecule has 1 heterocycles. The number of benzene rings is 2. The molecule has 33 heavy (non-hydrogen) atoms. The van der Waals surface area contributed by atoms with Gasteiger partial charge >= 0.3 is 0 Å². The summed E-state index contributed by atoms with van der Waals surface area (Å²) in [5.74, 6) is 0.102. The van der Waals surface area contributed by atoms with Crippen molar-refractivity contribution in [1.29, 1.82) is 0 Å². The second kappa shape index (κ2) is 10.5. The topological polar surface area (TPSA) is 105 Å². The van der Waals surface area contributed by atoms with Gasteiger partial charge in [-0.1, -0.05) is 17.7 Å². The maximum Gasteiger partial charge on any atom is 0.241 e. The molecule has 2 aromatic carbocycles. The van der Waals surface area contributed by atoms with Gasteiger partial charge < -0.3 is 19.5 Å².